The minimum Gasteiger partial charge on any atom is -0.444 e. The fraction of sp³-hybridized carbons (Fsp3) is 0.471. The number of aromatic nitrogens is 1. The van der Waals surface area contributed by atoms with Crippen molar-refractivity contribution in [2.24, 2.45) is 0 Å². The molecular weight excluding hydrogens is 340 g/mol. The second-order valence-electron chi connectivity index (χ2n) is 7.06. The number of fused-ring (bicyclic) bond motifs is 1. The third-order valence-electron chi connectivity index (χ3n) is 3.86. The van der Waals surface area contributed by atoms with E-state index in [-0.39, 0.29) is 5.91 Å². The summed E-state index contributed by atoms with van der Waals surface area (Å²) in [6, 6.07) is 4.93. The number of thiazole rings is 1. The summed E-state index contributed by atoms with van der Waals surface area (Å²) in [5, 5.41) is 3.37. The zero-order valence-corrected chi connectivity index (χ0v) is 15.4. The number of nitrogen functional groups attached to an aromatic ring is 1. The van der Waals surface area contributed by atoms with E-state index in [4.69, 9.17) is 10.5 Å². The number of likely N-dealkylation sites (tertiary alicyclic amines) is 1. The highest BCUT2D eigenvalue weighted by atomic mass is 32.1. The number of carbonyl (C=O) groups excluding carboxylic acids is 2. The second kappa shape index (κ2) is 6.51. The van der Waals surface area contributed by atoms with Crippen molar-refractivity contribution < 1.29 is 14.3 Å². The van der Waals surface area contributed by atoms with Gasteiger partial charge >= 0.3 is 6.09 Å². The molecule has 0 spiro atoms. The van der Waals surface area contributed by atoms with Gasteiger partial charge in [0.15, 0.2) is 5.13 Å². The lowest BCUT2D eigenvalue weighted by Crippen LogP contribution is -2.45. The number of benzene rings is 1. The molecule has 0 saturated carbocycles. The van der Waals surface area contributed by atoms with Gasteiger partial charge in [-0.05, 0) is 51.8 Å². The summed E-state index contributed by atoms with van der Waals surface area (Å²) in [4.78, 5) is 30.6. The molecule has 1 unspecified atom stereocenters. The molecule has 25 heavy (non-hydrogen) atoms. The van der Waals surface area contributed by atoms with E-state index in [9.17, 15) is 9.59 Å². The van der Waals surface area contributed by atoms with E-state index in [2.05, 4.69) is 10.3 Å². The molecule has 3 N–H and O–H groups in total. The van der Waals surface area contributed by atoms with Crippen LogP contribution in [0.2, 0.25) is 0 Å². The average Bonchev–Trinajstić information content (AvgIpc) is 3.10. The van der Waals surface area contributed by atoms with Crippen LogP contribution < -0.4 is 11.1 Å². The van der Waals surface area contributed by atoms with Crippen molar-refractivity contribution in [2.45, 2.75) is 45.3 Å². The Bertz CT molecular complexity index is 812. The summed E-state index contributed by atoms with van der Waals surface area (Å²) in [5.74, 6) is -0.208. The quantitative estimate of drug-likeness (QED) is 0.855. The number of nitrogens with one attached hydrogen (secondary N) is 1. The van der Waals surface area contributed by atoms with Crippen LogP contribution in [0.3, 0.4) is 0 Å². The Labute approximate surface area is 150 Å². The van der Waals surface area contributed by atoms with E-state index in [1.54, 1.807) is 6.07 Å². The minimum atomic E-state index is -0.585. The first-order chi connectivity index (χ1) is 11.7. The van der Waals surface area contributed by atoms with Crippen LogP contribution >= 0.6 is 11.3 Å². The highest BCUT2D eigenvalue weighted by molar-refractivity contribution is 7.22. The second-order valence-corrected chi connectivity index (χ2v) is 8.12. The van der Waals surface area contributed by atoms with Gasteiger partial charge in [0, 0.05) is 12.2 Å². The number of amides is 2. The molecule has 8 heteroatoms. The zero-order chi connectivity index (χ0) is 18.2. The van der Waals surface area contributed by atoms with Crippen molar-refractivity contribution in [3.05, 3.63) is 18.2 Å². The highest BCUT2D eigenvalue weighted by Gasteiger charge is 2.36. The predicted octanol–water partition coefficient (Wildman–Crippen LogP) is 3.22. The van der Waals surface area contributed by atoms with Crippen molar-refractivity contribution >= 4 is 44.4 Å². The monoisotopic (exact) mass is 362 g/mol. The highest BCUT2D eigenvalue weighted by Crippen LogP contribution is 2.27. The Morgan fingerprint density at radius 2 is 2.16 bits per heavy atom. The van der Waals surface area contributed by atoms with Gasteiger partial charge < -0.3 is 15.8 Å². The molecule has 2 heterocycles. The Balaban J connectivity index is 1.71. The van der Waals surface area contributed by atoms with Crippen LogP contribution in [0.15, 0.2) is 18.2 Å². The molecular formula is C17H22N4O3S. The summed E-state index contributed by atoms with van der Waals surface area (Å²) in [5.41, 5.74) is 6.59. The Kier molecular flexibility index (Phi) is 4.55. The molecule has 3 rings (SSSR count). The lowest BCUT2D eigenvalue weighted by Gasteiger charge is -2.28. The van der Waals surface area contributed by atoms with Crippen LogP contribution in [0.4, 0.5) is 15.6 Å². The van der Waals surface area contributed by atoms with Crippen molar-refractivity contribution in [3.8, 4) is 0 Å². The van der Waals surface area contributed by atoms with Gasteiger partial charge in [0.1, 0.15) is 11.6 Å². The van der Waals surface area contributed by atoms with Crippen molar-refractivity contribution in [1.29, 1.82) is 0 Å². The minimum absolute atomic E-state index is 0.208. The third kappa shape index (κ3) is 4.01. The molecule has 1 aliphatic heterocycles. The van der Waals surface area contributed by atoms with E-state index in [1.165, 1.54) is 16.2 Å². The first kappa shape index (κ1) is 17.5. The third-order valence-corrected chi connectivity index (χ3v) is 4.70. The Hall–Kier alpha value is -2.35. The number of hydrogen-bond acceptors (Lipinski definition) is 6. The number of anilines is 2. The molecule has 1 atom stereocenters. The van der Waals surface area contributed by atoms with Crippen molar-refractivity contribution in [2.75, 3.05) is 17.6 Å². The molecule has 1 fully saturated rings. The molecule has 1 aromatic heterocycles. The van der Waals surface area contributed by atoms with Crippen LogP contribution in [0.5, 0.6) is 0 Å². The van der Waals surface area contributed by atoms with Crippen LogP contribution in [-0.2, 0) is 9.53 Å². The van der Waals surface area contributed by atoms with Crippen LogP contribution in [0.25, 0.3) is 10.2 Å². The maximum atomic E-state index is 12.6. The first-order valence-electron chi connectivity index (χ1n) is 8.19. The lowest BCUT2D eigenvalue weighted by atomic mass is 10.2. The van der Waals surface area contributed by atoms with E-state index >= 15 is 0 Å². The van der Waals surface area contributed by atoms with Gasteiger partial charge in [-0.15, -0.1) is 0 Å². The van der Waals surface area contributed by atoms with Gasteiger partial charge in [-0.25, -0.2) is 9.78 Å². The summed E-state index contributed by atoms with van der Waals surface area (Å²) in [6.07, 6.45) is 0.957. The SMILES string of the molecule is CC(C)(C)OC(=O)N1CCCC1C(=O)Nc1ccc2nc(N)sc2c1. The molecule has 7 nitrogen and oxygen atoms in total. The molecule has 2 amide bonds. The van der Waals surface area contributed by atoms with Gasteiger partial charge in [-0.1, -0.05) is 11.3 Å². The summed E-state index contributed by atoms with van der Waals surface area (Å²) < 4.78 is 6.31. The molecule has 0 radical (unpaired) electrons. The standard InChI is InChI=1S/C17H22N4O3S/c1-17(2,3)24-16(23)21-8-4-5-12(21)14(22)19-10-6-7-11-13(9-10)25-15(18)20-11/h6-7,9,12H,4-5,8H2,1-3H3,(H2,18,20)(H,19,22). The Morgan fingerprint density at radius 1 is 1.40 bits per heavy atom. The van der Waals surface area contributed by atoms with Gasteiger partial charge in [0.25, 0.3) is 0 Å². The number of nitrogens with zero attached hydrogens (tertiary/aromatic N) is 2. The van der Waals surface area contributed by atoms with Gasteiger partial charge in [-0.2, -0.15) is 0 Å². The van der Waals surface area contributed by atoms with Crippen LogP contribution in [0, 0.1) is 0 Å². The summed E-state index contributed by atoms with van der Waals surface area (Å²) in [7, 11) is 0. The van der Waals surface area contributed by atoms with Gasteiger partial charge in [-0.3, -0.25) is 9.69 Å². The molecule has 1 aromatic carbocycles. The number of ether oxygens (including phenoxy) is 1. The molecule has 2 aromatic rings. The number of rotatable bonds is 2. The van der Waals surface area contributed by atoms with Gasteiger partial charge in [0.2, 0.25) is 5.91 Å². The Morgan fingerprint density at radius 3 is 2.88 bits per heavy atom. The maximum Gasteiger partial charge on any atom is 0.410 e. The number of nitrogens with two attached hydrogens (primary N) is 1. The van der Waals surface area contributed by atoms with Gasteiger partial charge in [0.05, 0.1) is 10.2 Å². The average molecular weight is 362 g/mol. The first-order valence-corrected chi connectivity index (χ1v) is 9.01. The maximum absolute atomic E-state index is 12.6. The lowest BCUT2D eigenvalue weighted by molar-refractivity contribution is -0.120. The van der Waals surface area contributed by atoms with E-state index < -0.39 is 17.7 Å². The summed E-state index contributed by atoms with van der Waals surface area (Å²) >= 11 is 1.37. The smallest absolute Gasteiger partial charge is 0.410 e. The zero-order valence-electron chi connectivity index (χ0n) is 14.5. The fourth-order valence-corrected chi connectivity index (χ4v) is 3.60. The molecule has 0 bridgehead atoms. The summed E-state index contributed by atoms with van der Waals surface area (Å²) in [6.45, 7) is 5.96. The molecule has 1 aliphatic rings. The molecule has 134 valence electrons. The largest absolute Gasteiger partial charge is 0.444 e. The number of hydrogen-bond donors (Lipinski definition) is 2. The topological polar surface area (TPSA) is 97.5 Å². The van der Waals surface area contributed by atoms with Crippen LogP contribution in [-0.4, -0.2) is 40.1 Å². The predicted molar refractivity (Wildman–Crippen MR) is 98.6 cm³/mol. The van der Waals surface area contributed by atoms with E-state index in [0.29, 0.717) is 23.8 Å². The van der Waals surface area contributed by atoms with E-state index in [1.807, 2.05) is 32.9 Å². The van der Waals surface area contributed by atoms with Crippen molar-refractivity contribution in [3.63, 3.8) is 0 Å². The van der Waals surface area contributed by atoms with Crippen molar-refractivity contribution in [1.82, 2.24) is 9.88 Å². The molecule has 0 aliphatic carbocycles. The molecule has 1 saturated heterocycles. The van der Waals surface area contributed by atoms with E-state index in [0.717, 1.165) is 16.6 Å². The fourth-order valence-electron chi connectivity index (χ4n) is 2.82. The normalized spacial score (nSPS) is 17.7. The van der Waals surface area contributed by atoms with Crippen LogP contribution in [0.1, 0.15) is 33.6 Å². The number of carbonyl (C=O) groups is 2.